The van der Waals surface area contributed by atoms with E-state index in [1.165, 1.54) is 25.7 Å². The minimum Gasteiger partial charge on any atom is -0.327 e. The average Bonchev–Trinajstić information content (AvgIpc) is 2.26. The molecule has 0 unspecified atom stereocenters. The second-order valence-corrected chi connectivity index (χ2v) is 6.06. The molecule has 4 aliphatic carbocycles. The highest BCUT2D eigenvalue weighted by Crippen LogP contribution is 2.56. The molecule has 16 heavy (non-hydrogen) atoms. The van der Waals surface area contributed by atoms with Crippen molar-refractivity contribution in [2.75, 3.05) is 6.54 Å². The van der Waals surface area contributed by atoms with E-state index in [1.54, 1.807) is 6.42 Å². The van der Waals surface area contributed by atoms with Crippen molar-refractivity contribution in [1.29, 1.82) is 0 Å². The lowest BCUT2D eigenvalue weighted by Crippen LogP contribution is -2.44. The Morgan fingerprint density at radius 3 is 2.06 bits per heavy atom. The van der Waals surface area contributed by atoms with Crippen LogP contribution in [0.25, 0.3) is 0 Å². The third-order valence-corrected chi connectivity index (χ3v) is 5.02. The fourth-order valence-electron chi connectivity index (χ4n) is 4.63. The van der Waals surface area contributed by atoms with Gasteiger partial charge in [-0.3, -0.25) is 0 Å². The van der Waals surface area contributed by atoms with Gasteiger partial charge in [-0.2, -0.15) is 0 Å². The largest absolute Gasteiger partial charge is 0.327 e. The van der Waals surface area contributed by atoms with Crippen LogP contribution < -0.4 is 5.73 Å². The first-order chi connectivity index (χ1) is 7.86. The highest BCUT2D eigenvalue weighted by molar-refractivity contribution is 5.10. The van der Waals surface area contributed by atoms with Crippen molar-refractivity contribution in [3.63, 3.8) is 0 Å². The van der Waals surface area contributed by atoms with Crippen LogP contribution in [0.3, 0.4) is 0 Å². The molecule has 88 valence electrons. The molecule has 0 radical (unpaired) electrons. The van der Waals surface area contributed by atoms with Crippen molar-refractivity contribution in [3.8, 4) is 0 Å². The zero-order valence-corrected chi connectivity index (χ0v) is 10.0. The van der Waals surface area contributed by atoms with Crippen LogP contribution in [0.2, 0.25) is 0 Å². The summed E-state index contributed by atoms with van der Waals surface area (Å²) in [5, 5.41) is 0. The molecule has 0 heterocycles. The number of hydrogen-bond donors (Lipinski definition) is 1. The van der Waals surface area contributed by atoms with Crippen molar-refractivity contribution in [3.05, 3.63) is 24.3 Å². The topological polar surface area (TPSA) is 26.0 Å². The summed E-state index contributed by atoms with van der Waals surface area (Å²) in [4.78, 5) is 0. The molecule has 1 nitrogen and oxygen atoms in total. The Morgan fingerprint density at radius 2 is 1.50 bits per heavy atom. The first-order valence-electron chi connectivity index (χ1n) is 6.90. The number of allylic oxidation sites excluding steroid dienone is 3. The van der Waals surface area contributed by atoms with E-state index in [2.05, 4.69) is 18.2 Å². The third-order valence-electron chi connectivity index (χ3n) is 5.02. The summed E-state index contributed by atoms with van der Waals surface area (Å²) in [5.74, 6) is 5.09. The fraction of sp³-hybridized carbons (Fsp3) is 0.733. The molecule has 0 aromatic carbocycles. The highest BCUT2D eigenvalue weighted by atomic mass is 14.5. The minimum atomic E-state index is 0.659. The SMILES string of the molecule is NC/C=C/C=C/C1C2CC3CC(C2)CC1C3. The summed E-state index contributed by atoms with van der Waals surface area (Å²) in [5.41, 5.74) is 5.44. The average molecular weight is 217 g/mol. The van der Waals surface area contributed by atoms with Gasteiger partial charge in [0.25, 0.3) is 0 Å². The lowest BCUT2D eigenvalue weighted by atomic mass is 9.52. The van der Waals surface area contributed by atoms with Crippen molar-refractivity contribution in [2.24, 2.45) is 35.3 Å². The van der Waals surface area contributed by atoms with Crippen LogP contribution in [0.15, 0.2) is 24.3 Å². The van der Waals surface area contributed by atoms with E-state index in [4.69, 9.17) is 5.73 Å². The number of rotatable bonds is 3. The zero-order chi connectivity index (χ0) is 11.0. The van der Waals surface area contributed by atoms with E-state index >= 15 is 0 Å². The van der Waals surface area contributed by atoms with E-state index in [0.29, 0.717) is 6.54 Å². The van der Waals surface area contributed by atoms with Crippen LogP contribution >= 0.6 is 0 Å². The second kappa shape index (κ2) is 4.37. The second-order valence-electron chi connectivity index (χ2n) is 6.06. The smallest absolute Gasteiger partial charge is 0.0109 e. The Bertz CT molecular complexity index is 275. The van der Waals surface area contributed by atoms with Gasteiger partial charge in [0, 0.05) is 6.54 Å². The molecular weight excluding hydrogens is 194 g/mol. The summed E-state index contributed by atoms with van der Waals surface area (Å²) in [6.07, 6.45) is 16.5. The van der Waals surface area contributed by atoms with Gasteiger partial charge in [-0.15, -0.1) is 0 Å². The van der Waals surface area contributed by atoms with Crippen LogP contribution in [-0.4, -0.2) is 6.54 Å². The van der Waals surface area contributed by atoms with Gasteiger partial charge < -0.3 is 5.73 Å². The molecule has 0 saturated heterocycles. The minimum absolute atomic E-state index is 0.659. The van der Waals surface area contributed by atoms with Gasteiger partial charge in [-0.25, -0.2) is 0 Å². The van der Waals surface area contributed by atoms with Crippen LogP contribution in [0.4, 0.5) is 0 Å². The first kappa shape index (κ1) is 10.6. The Labute approximate surface area is 98.8 Å². The quantitative estimate of drug-likeness (QED) is 0.722. The van der Waals surface area contributed by atoms with Crippen LogP contribution in [0, 0.1) is 29.6 Å². The molecule has 0 spiro atoms. The summed E-state index contributed by atoms with van der Waals surface area (Å²) in [7, 11) is 0. The van der Waals surface area contributed by atoms with Gasteiger partial charge in [0.15, 0.2) is 0 Å². The van der Waals surface area contributed by atoms with Gasteiger partial charge in [0.05, 0.1) is 0 Å². The maximum atomic E-state index is 5.44. The van der Waals surface area contributed by atoms with Crippen molar-refractivity contribution < 1.29 is 0 Å². The molecule has 0 amide bonds. The summed E-state index contributed by atoms with van der Waals surface area (Å²) in [6, 6.07) is 0. The molecule has 4 aliphatic rings. The van der Waals surface area contributed by atoms with Crippen LogP contribution in [-0.2, 0) is 0 Å². The summed E-state index contributed by atoms with van der Waals surface area (Å²) >= 11 is 0. The number of nitrogens with two attached hydrogens (primary N) is 1. The van der Waals surface area contributed by atoms with Crippen LogP contribution in [0.1, 0.15) is 32.1 Å². The highest BCUT2D eigenvalue weighted by Gasteiger charge is 2.46. The van der Waals surface area contributed by atoms with E-state index in [-0.39, 0.29) is 0 Å². The van der Waals surface area contributed by atoms with Gasteiger partial charge >= 0.3 is 0 Å². The molecule has 4 rings (SSSR count). The zero-order valence-electron chi connectivity index (χ0n) is 10.0. The summed E-state index contributed by atoms with van der Waals surface area (Å²) in [6.45, 7) is 0.659. The van der Waals surface area contributed by atoms with Crippen molar-refractivity contribution >= 4 is 0 Å². The molecule has 2 N–H and O–H groups in total. The Balaban J connectivity index is 1.67. The molecule has 0 aromatic rings. The molecule has 0 atom stereocenters. The van der Waals surface area contributed by atoms with Gasteiger partial charge in [0.2, 0.25) is 0 Å². The fourth-order valence-corrected chi connectivity index (χ4v) is 4.63. The van der Waals surface area contributed by atoms with E-state index in [1.807, 2.05) is 6.08 Å². The van der Waals surface area contributed by atoms with Crippen molar-refractivity contribution in [1.82, 2.24) is 0 Å². The standard InChI is InChI=1S/C15H23N/c16-5-3-1-2-4-15-13-7-11-6-12(9-13)10-14(15)8-11/h1-4,11-15H,5-10,16H2/b3-1+,4-2+. The molecule has 0 aromatic heterocycles. The normalized spacial score (nSPS) is 46.2. The monoisotopic (exact) mass is 217 g/mol. The maximum Gasteiger partial charge on any atom is 0.0109 e. The molecular formula is C15H23N. The van der Waals surface area contributed by atoms with Gasteiger partial charge in [-0.05, 0) is 61.7 Å². The molecule has 4 saturated carbocycles. The van der Waals surface area contributed by atoms with Crippen LogP contribution in [0.5, 0.6) is 0 Å². The predicted octanol–water partition coefficient (Wildman–Crippen LogP) is 3.13. The molecule has 4 fully saturated rings. The molecule has 1 heteroatoms. The maximum absolute atomic E-state index is 5.44. The lowest BCUT2D eigenvalue weighted by molar-refractivity contribution is -0.0161. The number of hydrogen-bond acceptors (Lipinski definition) is 1. The Hall–Kier alpha value is -0.560. The predicted molar refractivity (Wildman–Crippen MR) is 67.9 cm³/mol. The third kappa shape index (κ3) is 1.86. The van der Waals surface area contributed by atoms with Gasteiger partial charge in [0.1, 0.15) is 0 Å². The first-order valence-corrected chi connectivity index (χ1v) is 6.90. The summed E-state index contributed by atoms with van der Waals surface area (Å²) < 4.78 is 0. The van der Waals surface area contributed by atoms with E-state index < -0.39 is 0 Å². The Kier molecular flexibility index (Phi) is 2.89. The van der Waals surface area contributed by atoms with Crippen molar-refractivity contribution in [2.45, 2.75) is 32.1 Å². The van der Waals surface area contributed by atoms with E-state index in [9.17, 15) is 0 Å². The Morgan fingerprint density at radius 1 is 0.875 bits per heavy atom. The lowest BCUT2D eigenvalue weighted by Gasteiger charge is -2.53. The van der Waals surface area contributed by atoms with E-state index in [0.717, 1.165) is 29.6 Å². The van der Waals surface area contributed by atoms with Gasteiger partial charge in [-0.1, -0.05) is 24.3 Å². The molecule has 4 bridgehead atoms. The molecule has 0 aliphatic heterocycles.